The standard InChI is InChI=1S/C18H18FNO3/c19-14-9-7-13(8-10-14)4-3-11-20-18(21)17-12-22-15-5-1-2-6-16(15)23-17/h1-2,5-10,17H,3-4,11-12H2,(H,20,21). The Bertz CT molecular complexity index is 672. The van der Waals surface area contributed by atoms with Crippen molar-refractivity contribution in [2.24, 2.45) is 0 Å². The van der Waals surface area contributed by atoms with E-state index in [4.69, 9.17) is 9.47 Å². The Morgan fingerprint density at radius 1 is 1.13 bits per heavy atom. The van der Waals surface area contributed by atoms with Gasteiger partial charge in [-0.25, -0.2) is 4.39 Å². The fourth-order valence-electron chi connectivity index (χ4n) is 2.42. The van der Waals surface area contributed by atoms with Crippen LogP contribution in [-0.2, 0) is 11.2 Å². The Kier molecular flexibility index (Phi) is 4.76. The van der Waals surface area contributed by atoms with Crippen molar-refractivity contribution < 1.29 is 18.7 Å². The van der Waals surface area contributed by atoms with Gasteiger partial charge in [-0.2, -0.15) is 0 Å². The molecule has 1 amide bonds. The van der Waals surface area contributed by atoms with Crippen molar-refractivity contribution in [3.8, 4) is 11.5 Å². The van der Waals surface area contributed by atoms with Crippen molar-refractivity contribution >= 4 is 5.91 Å². The van der Waals surface area contributed by atoms with E-state index in [1.807, 2.05) is 18.2 Å². The molecule has 23 heavy (non-hydrogen) atoms. The van der Waals surface area contributed by atoms with Gasteiger partial charge >= 0.3 is 0 Å². The molecule has 2 aromatic rings. The molecular weight excluding hydrogens is 297 g/mol. The maximum absolute atomic E-state index is 12.8. The number of benzene rings is 2. The molecule has 3 rings (SSSR count). The van der Waals surface area contributed by atoms with Gasteiger partial charge in [-0.1, -0.05) is 24.3 Å². The molecule has 0 saturated carbocycles. The van der Waals surface area contributed by atoms with E-state index >= 15 is 0 Å². The molecule has 0 bridgehead atoms. The molecule has 1 heterocycles. The highest BCUT2D eigenvalue weighted by Crippen LogP contribution is 2.30. The fraction of sp³-hybridized carbons (Fsp3) is 0.278. The smallest absolute Gasteiger partial charge is 0.264 e. The second kappa shape index (κ2) is 7.13. The molecule has 1 atom stereocenters. The quantitative estimate of drug-likeness (QED) is 0.863. The number of nitrogens with one attached hydrogen (secondary N) is 1. The summed E-state index contributed by atoms with van der Waals surface area (Å²) >= 11 is 0. The van der Waals surface area contributed by atoms with Gasteiger partial charge in [-0.15, -0.1) is 0 Å². The third kappa shape index (κ3) is 4.00. The molecule has 0 spiro atoms. The third-order valence-electron chi connectivity index (χ3n) is 3.66. The zero-order valence-electron chi connectivity index (χ0n) is 12.6. The Morgan fingerprint density at radius 2 is 1.87 bits per heavy atom. The number of hydrogen-bond acceptors (Lipinski definition) is 3. The second-order valence-corrected chi connectivity index (χ2v) is 5.39. The molecule has 1 aliphatic heterocycles. The SMILES string of the molecule is O=C(NCCCc1ccc(F)cc1)C1COc2ccccc2O1. The van der Waals surface area contributed by atoms with Crippen molar-refractivity contribution in [3.63, 3.8) is 0 Å². The molecule has 0 aromatic heterocycles. The minimum Gasteiger partial charge on any atom is -0.485 e. The minimum absolute atomic E-state index is 0.182. The molecule has 0 aliphatic carbocycles. The zero-order chi connectivity index (χ0) is 16.1. The van der Waals surface area contributed by atoms with Gasteiger partial charge in [0.2, 0.25) is 6.10 Å². The van der Waals surface area contributed by atoms with Crippen LogP contribution in [0.25, 0.3) is 0 Å². The lowest BCUT2D eigenvalue weighted by atomic mass is 10.1. The average Bonchev–Trinajstić information content (AvgIpc) is 2.59. The molecule has 2 aromatic carbocycles. The Morgan fingerprint density at radius 3 is 2.65 bits per heavy atom. The first-order valence-corrected chi connectivity index (χ1v) is 7.63. The van der Waals surface area contributed by atoms with Gasteiger partial charge in [-0.05, 0) is 42.7 Å². The highest BCUT2D eigenvalue weighted by atomic mass is 19.1. The number of carbonyl (C=O) groups excluding carboxylic acids is 1. The van der Waals surface area contributed by atoms with Crippen LogP contribution >= 0.6 is 0 Å². The maximum atomic E-state index is 12.8. The van der Waals surface area contributed by atoms with E-state index < -0.39 is 6.10 Å². The van der Waals surface area contributed by atoms with Gasteiger partial charge in [0.15, 0.2) is 11.5 Å². The third-order valence-corrected chi connectivity index (χ3v) is 3.66. The number of amides is 1. The number of halogens is 1. The maximum Gasteiger partial charge on any atom is 0.264 e. The van der Waals surface area contributed by atoms with Crippen LogP contribution in [0.1, 0.15) is 12.0 Å². The van der Waals surface area contributed by atoms with Gasteiger partial charge in [0.25, 0.3) is 5.91 Å². The monoisotopic (exact) mass is 315 g/mol. The lowest BCUT2D eigenvalue weighted by Gasteiger charge is -2.25. The van der Waals surface area contributed by atoms with E-state index in [1.165, 1.54) is 12.1 Å². The lowest BCUT2D eigenvalue weighted by Crippen LogP contribution is -2.44. The van der Waals surface area contributed by atoms with Crippen molar-refractivity contribution in [1.82, 2.24) is 5.32 Å². The van der Waals surface area contributed by atoms with Gasteiger partial charge in [0.1, 0.15) is 12.4 Å². The van der Waals surface area contributed by atoms with E-state index in [1.54, 1.807) is 18.2 Å². The molecular formula is C18H18FNO3. The molecule has 0 saturated heterocycles. The first-order valence-electron chi connectivity index (χ1n) is 7.63. The number of fused-ring (bicyclic) bond motifs is 1. The number of rotatable bonds is 5. The highest BCUT2D eigenvalue weighted by molar-refractivity contribution is 5.81. The first kappa shape index (κ1) is 15.3. The van der Waals surface area contributed by atoms with Crippen LogP contribution in [0.15, 0.2) is 48.5 Å². The van der Waals surface area contributed by atoms with Gasteiger partial charge in [-0.3, -0.25) is 4.79 Å². The predicted octanol–water partition coefficient (Wildman–Crippen LogP) is 2.71. The molecule has 4 nitrogen and oxygen atoms in total. The zero-order valence-corrected chi connectivity index (χ0v) is 12.6. The van der Waals surface area contributed by atoms with Gasteiger partial charge < -0.3 is 14.8 Å². The molecule has 0 fully saturated rings. The number of ether oxygens (including phenoxy) is 2. The molecule has 1 aliphatic rings. The Hall–Kier alpha value is -2.56. The summed E-state index contributed by atoms with van der Waals surface area (Å²) in [5, 5.41) is 2.85. The van der Waals surface area contributed by atoms with Crippen LogP contribution in [-0.4, -0.2) is 25.2 Å². The number of carbonyl (C=O) groups is 1. The average molecular weight is 315 g/mol. The van der Waals surface area contributed by atoms with E-state index in [0.29, 0.717) is 18.0 Å². The topological polar surface area (TPSA) is 47.6 Å². The molecule has 5 heteroatoms. The Balaban J connectivity index is 1.42. The van der Waals surface area contributed by atoms with E-state index in [9.17, 15) is 9.18 Å². The lowest BCUT2D eigenvalue weighted by molar-refractivity contribution is -0.130. The molecule has 120 valence electrons. The van der Waals surface area contributed by atoms with E-state index in [-0.39, 0.29) is 18.3 Å². The van der Waals surface area contributed by atoms with Crippen LogP contribution in [0.2, 0.25) is 0 Å². The molecule has 1 N–H and O–H groups in total. The number of aryl methyl sites for hydroxylation is 1. The van der Waals surface area contributed by atoms with Crippen LogP contribution in [0, 0.1) is 5.82 Å². The van der Waals surface area contributed by atoms with Gasteiger partial charge in [0, 0.05) is 6.54 Å². The largest absolute Gasteiger partial charge is 0.485 e. The summed E-state index contributed by atoms with van der Waals surface area (Å²) in [6, 6.07) is 13.7. The first-order chi connectivity index (χ1) is 11.2. The van der Waals surface area contributed by atoms with Crippen LogP contribution < -0.4 is 14.8 Å². The molecule has 0 radical (unpaired) electrons. The summed E-state index contributed by atoms with van der Waals surface area (Å²) in [5.74, 6) is 0.827. The van der Waals surface area contributed by atoms with E-state index in [2.05, 4.69) is 5.32 Å². The second-order valence-electron chi connectivity index (χ2n) is 5.39. The summed E-state index contributed by atoms with van der Waals surface area (Å²) in [5.41, 5.74) is 1.05. The van der Waals surface area contributed by atoms with Crippen molar-refractivity contribution in [2.75, 3.05) is 13.2 Å². The minimum atomic E-state index is -0.629. The summed E-state index contributed by atoms with van der Waals surface area (Å²) < 4.78 is 24.0. The predicted molar refractivity (Wildman–Crippen MR) is 84.1 cm³/mol. The molecule has 1 unspecified atom stereocenters. The Labute approximate surface area is 134 Å². The highest BCUT2D eigenvalue weighted by Gasteiger charge is 2.26. The van der Waals surface area contributed by atoms with Crippen molar-refractivity contribution in [2.45, 2.75) is 18.9 Å². The summed E-state index contributed by atoms with van der Waals surface area (Å²) in [7, 11) is 0. The van der Waals surface area contributed by atoms with Crippen LogP contribution in [0.4, 0.5) is 4.39 Å². The van der Waals surface area contributed by atoms with Crippen LogP contribution in [0.3, 0.4) is 0 Å². The number of para-hydroxylation sites is 2. The van der Waals surface area contributed by atoms with Crippen molar-refractivity contribution in [3.05, 3.63) is 59.9 Å². The normalized spacial score (nSPS) is 16.0. The van der Waals surface area contributed by atoms with E-state index in [0.717, 1.165) is 18.4 Å². The summed E-state index contributed by atoms with van der Waals surface area (Å²) in [6.45, 7) is 0.749. The van der Waals surface area contributed by atoms with Crippen LogP contribution in [0.5, 0.6) is 11.5 Å². The summed E-state index contributed by atoms with van der Waals surface area (Å²) in [4.78, 5) is 12.1. The summed E-state index contributed by atoms with van der Waals surface area (Å²) in [6.07, 6.45) is 0.933. The van der Waals surface area contributed by atoms with Crippen molar-refractivity contribution in [1.29, 1.82) is 0 Å². The number of hydrogen-bond donors (Lipinski definition) is 1. The fourth-order valence-corrected chi connectivity index (χ4v) is 2.42. The van der Waals surface area contributed by atoms with Gasteiger partial charge in [0.05, 0.1) is 0 Å².